The van der Waals surface area contributed by atoms with E-state index in [0.717, 1.165) is 0 Å². The zero-order valence-corrected chi connectivity index (χ0v) is 15.0. The number of para-hydroxylation sites is 2. The van der Waals surface area contributed by atoms with Crippen LogP contribution in [0.3, 0.4) is 0 Å². The minimum Gasteiger partial charge on any atom is -0.492 e. The fraction of sp³-hybridized carbons (Fsp3) is 0.412. The van der Waals surface area contributed by atoms with Crippen molar-refractivity contribution in [2.45, 2.75) is 26.3 Å². The van der Waals surface area contributed by atoms with Gasteiger partial charge in [-0.25, -0.2) is 8.42 Å². The van der Waals surface area contributed by atoms with E-state index in [1.165, 1.54) is 6.20 Å². The van der Waals surface area contributed by atoms with Crippen LogP contribution in [0.15, 0.2) is 30.5 Å². The Morgan fingerprint density at radius 1 is 1.40 bits per heavy atom. The first-order chi connectivity index (χ1) is 11.9. The Hall–Kier alpha value is -2.35. The van der Waals surface area contributed by atoms with Gasteiger partial charge in [0, 0.05) is 5.69 Å². The van der Waals surface area contributed by atoms with E-state index in [1.54, 1.807) is 23.7 Å². The number of amides is 1. The molecule has 0 bridgehead atoms. The van der Waals surface area contributed by atoms with Crippen molar-refractivity contribution < 1.29 is 17.9 Å². The third kappa shape index (κ3) is 3.68. The van der Waals surface area contributed by atoms with E-state index >= 15 is 0 Å². The number of nitrogens with zero attached hydrogens (tertiary/aromatic N) is 2. The molecule has 1 N–H and O–H groups in total. The minimum atomic E-state index is -3.01. The van der Waals surface area contributed by atoms with Crippen LogP contribution in [0.4, 0.5) is 5.69 Å². The highest BCUT2D eigenvalue weighted by molar-refractivity contribution is 7.91. The summed E-state index contributed by atoms with van der Waals surface area (Å²) in [5.41, 5.74) is 1.68. The molecule has 134 valence electrons. The summed E-state index contributed by atoms with van der Waals surface area (Å²) in [6, 6.07) is 7.01. The highest BCUT2D eigenvalue weighted by Gasteiger charge is 2.31. The molecule has 8 heteroatoms. The average Bonchev–Trinajstić information content (AvgIpc) is 3.11. The second kappa shape index (κ2) is 6.87. The van der Waals surface area contributed by atoms with Crippen LogP contribution in [0.2, 0.25) is 0 Å². The van der Waals surface area contributed by atoms with Crippen LogP contribution in [0.25, 0.3) is 0 Å². The van der Waals surface area contributed by atoms with Gasteiger partial charge in [-0.3, -0.25) is 9.48 Å². The number of benzene rings is 1. The Morgan fingerprint density at radius 2 is 2.16 bits per heavy atom. The molecule has 3 rings (SSSR count). The summed E-state index contributed by atoms with van der Waals surface area (Å²) in [6.07, 6.45) is 2.01. The molecule has 1 saturated heterocycles. The van der Waals surface area contributed by atoms with Gasteiger partial charge in [0.05, 0.1) is 41.6 Å². The Labute approximate surface area is 146 Å². The minimum absolute atomic E-state index is 0.0732. The average molecular weight is 363 g/mol. The molecule has 0 saturated carbocycles. The molecule has 1 aliphatic rings. The van der Waals surface area contributed by atoms with Gasteiger partial charge < -0.3 is 10.1 Å². The summed E-state index contributed by atoms with van der Waals surface area (Å²) in [7, 11) is -3.01. The SMILES string of the molecule is CCOc1ccccc1NC(=O)c1cnn(C2CCS(=O)(=O)C2)c1C. The largest absolute Gasteiger partial charge is 0.492 e. The number of ether oxygens (including phenoxy) is 1. The molecule has 1 amide bonds. The molecule has 2 heterocycles. The van der Waals surface area contributed by atoms with Gasteiger partial charge in [0.25, 0.3) is 5.91 Å². The maximum absolute atomic E-state index is 12.6. The standard InChI is InChI=1S/C17H21N3O4S/c1-3-24-16-7-5-4-6-15(16)19-17(21)14-10-18-20(12(14)2)13-8-9-25(22,23)11-13/h4-7,10,13H,3,8-9,11H2,1-2H3,(H,19,21). The molecule has 2 aromatic rings. The molecule has 1 aliphatic heterocycles. The first-order valence-corrected chi connectivity index (χ1v) is 10.0. The smallest absolute Gasteiger partial charge is 0.259 e. The van der Waals surface area contributed by atoms with Gasteiger partial charge in [-0.05, 0) is 32.4 Å². The molecule has 0 aliphatic carbocycles. The number of carbonyl (C=O) groups excluding carboxylic acids is 1. The molecule has 7 nitrogen and oxygen atoms in total. The van der Waals surface area contributed by atoms with Crippen LogP contribution in [0, 0.1) is 6.92 Å². The Bertz CT molecular complexity index is 889. The van der Waals surface area contributed by atoms with Crippen molar-refractivity contribution in [1.29, 1.82) is 0 Å². The van der Waals surface area contributed by atoms with Gasteiger partial charge in [0.1, 0.15) is 5.75 Å². The van der Waals surface area contributed by atoms with Gasteiger partial charge in [0.2, 0.25) is 0 Å². The quantitative estimate of drug-likeness (QED) is 0.879. The Kier molecular flexibility index (Phi) is 4.80. The number of sulfone groups is 1. The van der Waals surface area contributed by atoms with E-state index in [1.807, 2.05) is 19.1 Å². The van der Waals surface area contributed by atoms with Gasteiger partial charge in [-0.2, -0.15) is 5.10 Å². The first-order valence-electron chi connectivity index (χ1n) is 8.19. The lowest BCUT2D eigenvalue weighted by atomic mass is 10.2. The lowest BCUT2D eigenvalue weighted by Crippen LogP contribution is -2.17. The second-order valence-electron chi connectivity index (χ2n) is 6.03. The van der Waals surface area contributed by atoms with Crippen molar-refractivity contribution in [3.63, 3.8) is 0 Å². The van der Waals surface area contributed by atoms with Gasteiger partial charge in [-0.15, -0.1) is 0 Å². The lowest BCUT2D eigenvalue weighted by Gasteiger charge is -2.13. The third-order valence-electron chi connectivity index (χ3n) is 4.28. The van der Waals surface area contributed by atoms with Gasteiger partial charge in [0.15, 0.2) is 9.84 Å². The molecule has 1 fully saturated rings. The Morgan fingerprint density at radius 3 is 2.84 bits per heavy atom. The molecule has 1 atom stereocenters. The molecule has 1 unspecified atom stereocenters. The van der Waals surface area contributed by atoms with E-state index in [9.17, 15) is 13.2 Å². The monoisotopic (exact) mass is 363 g/mol. The van der Waals surface area contributed by atoms with Gasteiger partial charge in [-0.1, -0.05) is 12.1 Å². The fourth-order valence-electron chi connectivity index (χ4n) is 3.02. The van der Waals surface area contributed by atoms with Crippen molar-refractivity contribution in [2.24, 2.45) is 0 Å². The fourth-order valence-corrected chi connectivity index (χ4v) is 4.72. The van der Waals surface area contributed by atoms with Crippen molar-refractivity contribution in [1.82, 2.24) is 9.78 Å². The maximum atomic E-state index is 12.6. The van der Waals surface area contributed by atoms with Crippen LogP contribution in [0.1, 0.15) is 35.4 Å². The number of hydrogen-bond donors (Lipinski definition) is 1. The van der Waals surface area contributed by atoms with Crippen LogP contribution < -0.4 is 10.1 Å². The van der Waals surface area contributed by atoms with Crippen LogP contribution in [-0.4, -0.2) is 42.2 Å². The number of hydrogen-bond acceptors (Lipinski definition) is 5. The molecule has 0 radical (unpaired) electrons. The lowest BCUT2D eigenvalue weighted by molar-refractivity contribution is 0.102. The van der Waals surface area contributed by atoms with E-state index in [2.05, 4.69) is 10.4 Å². The summed E-state index contributed by atoms with van der Waals surface area (Å²) in [6.45, 7) is 4.16. The van der Waals surface area contributed by atoms with Crippen LogP contribution in [0.5, 0.6) is 5.75 Å². The van der Waals surface area contributed by atoms with E-state index in [0.29, 0.717) is 35.7 Å². The van der Waals surface area contributed by atoms with E-state index in [4.69, 9.17) is 4.74 Å². The van der Waals surface area contributed by atoms with Crippen molar-refractivity contribution in [3.8, 4) is 5.75 Å². The van der Waals surface area contributed by atoms with Crippen molar-refractivity contribution in [3.05, 3.63) is 41.7 Å². The highest BCUT2D eigenvalue weighted by atomic mass is 32.2. The summed E-state index contributed by atoms with van der Waals surface area (Å²) < 4.78 is 30.5. The molecule has 0 spiro atoms. The number of carbonyl (C=O) groups is 1. The zero-order chi connectivity index (χ0) is 18.0. The Balaban J connectivity index is 1.80. The number of nitrogens with one attached hydrogen (secondary N) is 1. The number of rotatable bonds is 5. The van der Waals surface area contributed by atoms with Crippen molar-refractivity contribution >= 4 is 21.4 Å². The molecule has 25 heavy (non-hydrogen) atoms. The molecule has 1 aromatic carbocycles. The number of anilines is 1. The topological polar surface area (TPSA) is 90.3 Å². The van der Waals surface area contributed by atoms with E-state index in [-0.39, 0.29) is 23.5 Å². The predicted octanol–water partition coefficient (Wildman–Crippen LogP) is 2.20. The van der Waals surface area contributed by atoms with Crippen LogP contribution >= 0.6 is 0 Å². The van der Waals surface area contributed by atoms with Crippen LogP contribution in [-0.2, 0) is 9.84 Å². The first kappa shape index (κ1) is 17.5. The molecular weight excluding hydrogens is 342 g/mol. The summed E-state index contributed by atoms with van der Waals surface area (Å²) >= 11 is 0. The molecular formula is C17H21N3O4S. The highest BCUT2D eigenvalue weighted by Crippen LogP contribution is 2.27. The number of aromatic nitrogens is 2. The predicted molar refractivity (Wildman–Crippen MR) is 94.8 cm³/mol. The molecule has 1 aromatic heterocycles. The summed E-state index contributed by atoms with van der Waals surface area (Å²) in [4.78, 5) is 12.6. The second-order valence-corrected chi connectivity index (χ2v) is 8.26. The van der Waals surface area contributed by atoms with E-state index < -0.39 is 9.84 Å². The van der Waals surface area contributed by atoms with Crippen molar-refractivity contribution in [2.75, 3.05) is 23.4 Å². The third-order valence-corrected chi connectivity index (χ3v) is 6.03. The summed E-state index contributed by atoms with van der Waals surface area (Å²) in [5.74, 6) is 0.548. The normalized spacial score (nSPS) is 18.9. The zero-order valence-electron chi connectivity index (χ0n) is 14.2. The van der Waals surface area contributed by atoms with Gasteiger partial charge >= 0.3 is 0 Å². The summed E-state index contributed by atoms with van der Waals surface area (Å²) in [5, 5.41) is 7.08. The maximum Gasteiger partial charge on any atom is 0.259 e.